The Labute approximate surface area is 251 Å². The van der Waals surface area contributed by atoms with Crippen LogP contribution in [0.5, 0.6) is 0 Å². The van der Waals surface area contributed by atoms with Crippen molar-refractivity contribution >= 4 is 5.78 Å². The fraction of sp³-hybridized carbons (Fsp3) is 0.912. The lowest BCUT2D eigenvalue weighted by Gasteiger charge is -2.53. The predicted molar refractivity (Wildman–Crippen MR) is 158 cm³/mol. The Morgan fingerprint density at radius 3 is 2.55 bits per heavy atom. The lowest BCUT2D eigenvalue weighted by Crippen LogP contribution is -2.60. The van der Waals surface area contributed by atoms with Crippen molar-refractivity contribution in [1.29, 1.82) is 0 Å². The Morgan fingerprint density at radius 2 is 1.83 bits per heavy atom. The fourth-order valence-electron chi connectivity index (χ4n) is 10.8. The number of carbonyl (C=O) groups is 1. The molecule has 0 aromatic carbocycles. The van der Waals surface area contributed by atoms with E-state index in [9.17, 15) is 25.2 Å². The quantitative estimate of drug-likeness (QED) is 0.285. The van der Waals surface area contributed by atoms with Crippen molar-refractivity contribution in [1.82, 2.24) is 4.90 Å². The van der Waals surface area contributed by atoms with Gasteiger partial charge in [0.15, 0.2) is 6.29 Å². The summed E-state index contributed by atoms with van der Waals surface area (Å²) >= 11 is 0. The molecule has 6 rings (SSSR count). The monoisotopic (exact) mass is 589 g/mol. The van der Waals surface area contributed by atoms with Crippen molar-refractivity contribution in [3.05, 3.63) is 11.1 Å². The van der Waals surface area contributed by atoms with Crippen molar-refractivity contribution in [2.24, 2.45) is 46.8 Å². The highest BCUT2D eigenvalue weighted by Crippen LogP contribution is 2.64. The van der Waals surface area contributed by atoms with Gasteiger partial charge in [-0.1, -0.05) is 31.9 Å². The fourth-order valence-corrected chi connectivity index (χ4v) is 10.8. The lowest BCUT2D eigenvalue weighted by atomic mass is 9.51. The summed E-state index contributed by atoms with van der Waals surface area (Å²) in [5.74, 6) is 3.85. The van der Waals surface area contributed by atoms with Crippen LogP contribution < -0.4 is 0 Å². The molecule has 3 saturated carbocycles. The van der Waals surface area contributed by atoms with E-state index < -0.39 is 37.3 Å². The molecule has 0 radical (unpaired) electrons. The summed E-state index contributed by atoms with van der Waals surface area (Å²) in [7, 11) is 2.32. The third kappa shape index (κ3) is 5.15. The minimum Gasteiger partial charge on any atom is -0.394 e. The molecule has 5 fully saturated rings. The van der Waals surface area contributed by atoms with E-state index in [-0.39, 0.29) is 17.4 Å². The Hall–Kier alpha value is -0.870. The van der Waals surface area contributed by atoms with Crippen LogP contribution in [-0.4, -0.2) is 94.2 Å². The van der Waals surface area contributed by atoms with E-state index in [1.807, 2.05) is 0 Å². The molecule has 8 nitrogen and oxygen atoms in total. The number of ketones is 1. The highest BCUT2D eigenvalue weighted by atomic mass is 16.7. The van der Waals surface area contributed by atoms with Crippen LogP contribution in [0.15, 0.2) is 11.1 Å². The molecule has 42 heavy (non-hydrogen) atoms. The van der Waals surface area contributed by atoms with Crippen LogP contribution >= 0.6 is 0 Å². The van der Waals surface area contributed by atoms with E-state index in [1.165, 1.54) is 32.2 Å². The minimum atomic E-state index is -1.46. The molecule has 0 aromatic rings. The third-order valence-electron chi connectivity index (χ3n) is 13.3. The maximum absolute atomic E-state index is 13.8. The molecule has 4 N–H and O–H groups in total. The van der Waals surface area contributed by atoms with Gasteiger partial charge in [0.25, 0.3) is 0 Å². The second kappa shape index (κ2) is 11.8. The Bertz CT molecular complexity index is 1050. The molecule has 238 valence electrons. The zero-order valence-electron chi connectivity index (χ0n) is 26.3. The first-order valence-corrected chi connectivity index (χ1v) is 16.8. The Balaban J connectivity index is 1.16. The van der Waals surface area contributed by atoms with Crippen LogP contribution in [-0.2, 0) is 14.3 Å². The van der Waals surface area contributed by atoms with Crippen molar-refractivity contribution in [2.75, 3.05) is 20.2 Å². The van der Waals surface area contributed by atoms with E-state index in [0.717, 1.165) is 25.2 Å². The lowest BCUT2D eigenvalue weighted by molar-refractivity contribution is -0.315. The molecule has 2 saturated heterocycles. The normalized spacial score (nSPS) is 50.7. The number of hydrogen-bond acceptors (Lipinski definition) is 8. The first-order valence-electron chi connectivity index (χ1n) is 16.8. The number of piperidine rings is 1. The number of ether oxygens (including phenoxy) is 2. The van der Waals surface area contributed by atoms with E-state index in [0.29, 0.717) is 54.3 Å². The molecule has 6 aliphatic rings. The molecule has 4 aliphatic carbocycles. The van der Waals surface area contributed by atoms with Crippen LogP contribution in [0.25, 0.3) is 0 Å². The van der Waals surface area contributed by atoms with Gasteiger partial charge in [-0.3, -0.25) is 4.79 Å². The zero-order valence-corrected chi connectivity index (χ0v) is 26.3. The second-order valence-corrected chi connectivity index (χ2v) is 15.5. The predicted octanol–water partition coefficient (Wildman–Crippen LogP) is 3.30. The number of carbonyl (C=O) groups excluding carboxylic acids is 1. The summed E-state index contributed by atoms with van der Waals surface area (Å²) in [5.41, 5.74) is 3.24. The maximum atomic E-state index is 13.8. The summed E-state index contributed by atoms with van der Waals surface area (Å²) < 4.78 is 11.8. The number of nitrogens with zero attached hydrogens (tertiary/aromatic N) is 1. The van der Waals surface area contributed by atoms with Gasteiger partial charge in [0.1, 0.15) is 30.2 Å². The molecule has 15 atom stereocenters. The Morgan fingerprint density at radius 1 is 1.07 bits per heavy atom. The highest BCUT2D eigenvalue weighted by molar-refractivity contribution is 5.83. The maximum Gasteiger partial charge on any atom is 0.186 e. The van der Waals surface area contributed by atoms with Crippen LogP contribution in [0.4, 0.5) is 0 Å². The van der Waals surface area contributed by atoms with Gasteiger partial charge in [0.2, 0.25) is 0 Å². The first kappa shape index (κ1) is 31.1. The van der Waals surface area contributed by atoms with Gasteiger partial charge in [-0.05, 0) is 106 Å². The summed E-state index contributed by atoms with van der Waals surface area (Å²) in [4.78, 5) is 16.4. The molecule has 0 spiro atoms. The number of allylic oxidation sites excluding steroid dienone is 2. The van der Waals surface area contributed by atoms with Gasteiger partial charge in [0.05, 0.1) is 12.7 Å². The van der Waals surface area contributed by atoms with Crippen molar-refractivity contribution in [3.8, 4) is 0 Å². The van der Waals surface area contributed by atoms with Gasteiger partial charge >= 0.3 is 0 Å². The number of aliphatic hydroxyl groups is 4. The number of fused-ring (bicyclic) bond motifs is 5. The van der Waals surface area contributed by atoms with Gasteiger partial charge in [-0.2, -0.15) is 0 Å². The molecule has 0 amide bonds. The van der Waals surface area contributed by atoms with E-state index in [1.54, 1.807) is 11.1 Å². The average molecular weight is 590 g/mol. The van der Waals surface area contributed by atoms with Gasteiger partial charge < -0.3 is 34.8 Å². The van der Waals surface area contributed by atoms with Crippen LogP contribution in [0.2, 0.25) is 0 Å². The average Bonchev–Trinajstić information content (AvgIpc) is 3.34. The molecule has 2 aliphatic heterocycles. The number of hydrogen-bond donors (Lipinski definition) is 4. The number of Topliss-reactive ketones (excluding diaryl/α,β-unsaturated/α-hetero) is 1. The van der Waals surface area contributed by atoms with Gasteiger partial charge in [0, 0.05) is 24.9 Å². The van der Waals surface area contributed by atoms with Crippen LogP contribution in [0.1, 0.15) is 85.5 Å². The van der Waals surface area contributed by atoms with Gasteiger partial charge in [-0.15, -0.1) is 0 Å². The van der Waals surface area contributed by atoms with Crippen molar-refractivity contribution in [2.45, 2.75) is 128 Å². The molecule has 8 heteroatoms. The van der Waals surface area contributed by atoms with Crippen LogP contribution in [0.3, 0.4) is 0 Å². The largest absolute Gasteiger partial charge is 0.394 e. The second-order valence-electron chi connectivity index (χ2n) is 15.5. The summed E-state index contributed by atoms with van der Waals surface area (Å²) in [6.07, 6.45) is 2.39. The van der Waals surface area contributed by atoms with E-state index >= 15 is 0 Å². The van der Waals surface area contributed by atoms with Crippen molar-refractivity contribution < 1.29 is 34.7 Å². The molecule has 2 heterocycles. The van der Waals surface area contributed by atoms with E-state index in [4.69, 9.17) is 9.47 Å². The third-order valence-corrected chi connectivity index (χ3v) is 13.3. The molecular weight excluding hydrogens is 534 g/mol. The number of aliphatic hydroxyl groups excluding tert-OH is 4. The molecule has 0 bridgehead atoms. The van der Waals surface area contributed by atoms with Crippen molar-refractivity contribution in [3.63, 3.8) is 0 Å². The molecule has 0 unspecified atom stereocenters. The van der Waals surface area contributed by atoms with Gasteiger partial charge in [-0.25, -0.2) is 0 Å². The number of rotatable bonds is 5. The summed E-state index contributed by atoms with van der Waals surface area (Å²) in [6, 6.07) is 0.657. The van der Waals surface area contributed by atoms with Crippen LogP contribution in [0, 0.1) is 46.8 Å². The van der Waals surface area contributed by atoms with E-state index in [2.05, 4.69) is 39.6 Å². The SMILES string of the molecule is CC1=C2C[C@H]3[C@@H](CC(=O)[C@H]4C[C@@H](O[C@H]5O[C@@H](CO)[C@H](O)[C@@H](O)[C@@H]5O)CC[C@@]43C)[C@@H]2CC[C@@H]1[C@@H](C)[C@H]1CC[C@H](C)CN1C. The summed E-state index contributed by atoms with van der Waals surface area (Å²) in [6.45, 7) is 10.4. The Kier molecular flexibility index (Phi) is 8.75. The zero-order chi connectivity index (χ0) is 30.1. The summed E-state index contributed by atoms with van der Waals surface area (Å²) in [5, 5.41) is 40.4. The first-order chi connectivity index (χ1) is 19.9. The number of likely N-dealkylation sites (tertiary alicyclic amines) is 1. The molecule has 0 aromatic heterocycles. The smallest absolute Gasteiger partial charge is 0.186 e. The minimum absolute atomic E-state index is 0.0688. The topological polar surface area (TPSA) is 120 Å². The standard InChI is InChI=1S/C34H55NO7/c1-17-6-9-27(35(5)15-17)19(3)21-7-8-22-23(18(21)2)13-25-24(22)14-28(37)26-12-20(10-11-34(25,26)4)41-33-32(40)31(39)30(38)29(16-36)42-33/h17,19-22,24-27,29-33,36,38-40H,6-16H2,1-5H3/t17-,19+,20-,21-,22+,24-,25-,26+,27+,29-,30-,31+,32-,33-,34+/m0/s1. The highest BCUT2D eigenvalue weighted by Gasteiger charge is 2.60. The molecular formula is C34H55NO7.